The van der Waals surface area contributed by atoms with Gasteiger partial charge in [0.05, 0.1) is 12.2 Å². The summed E-state index contributed by atoms with van der Waals surface area (Å²) < 4.78 is 13.0. The summed E-state index contributed by atoms with van der Waals surface area (Å²) in [4.78, 5) is 17.9. The lowest BCUT2D eigenvalue weighted by molar-refractivity contribution is -0.117. The largest absolute Gasteiger partial charge is 0.320 e. The first-order valence-electron chi connectivity index (χ1n) is 3.75. The molecule has 76 valence electrons. The summed E-state index contributed by atoms with van der Waals surface area (Å²) in [7, 11) is 0. The Morgan fingerprint density at radius 3 is 3.00 bits per heavy atom. The van der Waals surface area contributed by atoms with E-state index in [2.05, 4.69) is 15.3 Å². The highest BCUT2D eigenvalue weighted by Gasteiger charge is 2.12. The molecule has 1 atom stereocenters. The van der Waals surface area contributed by atoms with Crippen molar-refractivity contribution in [3.8, 4) is 0 Å². The minimum Gasteiger partial charge on any atom is -0.320 e. The molecule has 0 spiro atoms. The topological polar surface area (TPSA) is 80.9 Å². The second-order valence-corrected chi connectivity index (χ2v) is 2.95. The van der Waals surface area contributed by atoms with Crippen LogP contribution >= 0.6 is 11.6 Å². The van der Waals surface area contributed by atoms with Crippen molar-refractivity contribution in [3.05, 3.63) is 17.3 Å². The predicted octanol–water partition coefficient (Wildman–Crippen LogP) is 0.555. The third kappa shape index (κ3) is 2.61. The molecule has 3 N–H and O–H groups in total. The Morgan fingerprint density at radius 1 is 1.79 bits per heavy atom. The van der Waals surface area contributed by atoms with E-state index in [4.69, 9.17) is 17.3 Å². The highest BCUT2D eigenvalue weighted by molar-refractivity contribution is 6.28. The standard InChI is InChI=1S/C7H8ClFN4O/c1-3(10)6(14)12-5-4(9)2-11-7(8)13-5/h2-3H,10H2,1H3,(H,11,12,13,14)/t3-/m1/s1. The van der Waals surface area contributed by atoms with Crippen LogP contribution < -0.4 is 11.1 Å². The van der Waals surface area contributed by atoms with Crippen LogP contribution in [0.1, 0.15) is 6.92 Å². The van der Waals surface area contributed by atoms with Crippen LogP contribution in [-0.4, -0.2) is 21.9 Å². The van der Waals surface area contributed by atoms with E-state index in [-0.39, 0.29) is 11.1 Å². The molecule has 7 heteroatoms. The third-order valence-electron chi connectivity index (χ3n) is 1.37. The average Bonchev–Trinajstić information content (AvgIpc) is 2.11. The fraction of sp³-hybridized carbons (Fsp3) is 0.286. The molecule has 1 aromatic rings. The van der Waals surface area contributed by atoms with E-state index in [0.29, 0.717) is 0 Å². The van der Waals surface area contributed by atoms with Gasteiger partial charge in [-0.25, -0.2) is 9.37 Å². The number of hydrogen-bond donors (Lipinski definition) is 2. The van der Waals surface area contributed by atoms with Crippen molar-refractivity contribution >= 4 is 23.3 Å². The van der Waals surface area contributed by atoms with Gasteiger partial charge >= 0.3 is 0 Å². The van der Waals surface area contributed by atoms with Gasteiger partial charge in [-0.3, -0.25) is 4.79 Å². The second kappa shape index (κ2) is 4.30. The Labute approximate surface area is 84.5 Å². The molecule has 0 fully saturated rings. The molecular weight excluding hydrogens is 211 g/mol. The van der Waals surface area contributed by atoms with Gasteiger partial charge in [-0.2, -0.15) is 4.98 Å². The molecule has 0 aromatic carbocycles. The summed E-state index contributed by atoms with van der Waals surface area (Å²) in [6.45, 7) is 1.47. The summed E-state index contributed by atoms with van der Waals surface area (Å²) in [5, 5.41) is 2.03. The summed E-state index contributed by atoms with van der Waals surface area (Å²) in [5.41, 5.74) is 5.26. The van der Waals surface area contributed by atoms with Crippen molar-refractivity contribution < 1.29 is 9.18 Å². The molecule has 1 aromatic heterocycles. The highest BCUT2D eigenvalue weighted by Crippen LogP contribution is 2.11. The molecule has 14 heavy (non-hydrogen) atoms. The smallest absolute Gasteiger partial charge is 0.242 e. The fourth-order valence-corrected chi connectivity index (χ4v) is 0.797. The normalized spacial score (nSPS) is 12.3. The first-order chi connectivity index (χ1) is 6.50. The van der Waals surface area contributed by atoms with Crippen molar-refractivity contribution in [2.75, 3.05) is 5.32 Å². The molecule has 0 radical (unpaired) electrons. The van der Waals surface area contributed by atoms with Crippen LogP contribution in [0.4, 0.5) is 10.2 Å². The summed E-state index contributed by atoms with van der Waals surface area (Å²) >= 11 is 5.41. The molecule has 0 saturated heterocycles. The van der Waals surface area contributed by atoms with E-state index in [1.54, 1.807) is 0 Å². The average molecular weight is 219 g/mol. The van der Waals surface area contributed by atoms with Crippen LogP contribution in [0.25, 0.3) is 0 Å². The Bertz CT molecular complexity index is 358. The second-order valence-electron chi connectivity index (χ2n) is 2.61. The van der Waals surface area contributed by atoms with E-state index >= 15 is 0 Å². The zero-order valence-electron chi connectivity index (χ0n) is 7.29. The maximum Gasteiger partial charge on any atom is 0.242 e. The zero-order chi connectivity index (χ0) is 10.7. The van der Waals surface area contributed by atoms with Crippen LogP contribution in [0.2, 0.25) is 5.28 Å². The minimum absolute atomic E-state index is 0.147. The molecule has 0 aliphatic heterocycles. The number of nitrogens with two attached hydrogens (primary N) is 1. The monoisotopic (exact) mass is 218 g/mol. The Balaban J connectivity index is 2.86. The fourth-order valence-electron chi connectivity index (χ4n) is 0.664. The van der Waals surface area contributed by atoms with Gasteiger partial charge in [0.25, 0.3) is 0 Å². The van der Waals surface area contributed by atoms with Crippen molar-refractivity contribution in [1.29, 1.82) is 0 Å². The van der Waals surface area contributed by atoms with Gasteiger partial charge in [0.15, 0.2) is 11.6 Å². The minimum atomic E-state index is -0.761. The van der Waals surface area contributed by atoms with Gasteiger partial charge in [-0.15, -0.1) is 0 Å². The highest BCUT2D eigenvalue weighted by atomic mass is 35.5. The lowest BCUT2D eigenvalue weighted by Gasteiger charge is -2.06. The number of carbonyl (C=O) groups is 1. The molecule has 1 heterocycles. The van der Waals surface area contributed by atoms with Crippen LogP contribution in [0.3, 0.4) is 0 Å². The van der Waals surface area contributed by atoms with Gasteiger partial charge in [0, 0.05) is 0 Å². The SMILES string of the molecule is C[C@@H](N)C(=O)Nc1nc(Cl)ncc1F. The zero-order valence-corrected chi connectivity index (χ0v) is 8.05. The first kappa shape index (κ1) is 10.8. The lowest BCUT2D eigenvalue weighted by Crippen LogP contribution is -2.33. The molecule has 0 unspecified atom stereocenters. The number of aromatic nitrogens is 2. The Kier molecular flexibility index (Phi) is 3.32. The molecular formula is C7H8ClFN4O. The maximum absolute atomic E-state index is 13.0. The van der Waals surface area contributed by atoms with Crippen LogP contribution in [-0.2, 0) is 4.79 Å². The van der Waals surface area contributed by atoms with Crippen molar-refractivity contribution in [1.82, 2.24) is 9.97 Å². The van der Waals surface area contributed by atoms with Crippen LogP contribution in [0.5, 0.6) is 0 Å². The van der Waals surface area contributed by atoms with E-state index < -0.39 is 17.8 Å². The van der Waals surface area contributed by atoms with Gasteiger partial charge in [-0.1, -0.05) is 0 Å². The number of hydrogen-bond acceptors (Lipinski definition) is 4. The quantitative estimate of drug-likeness (QED) is 0.711. The molecule has 0 aliphatic carbocycles. The van der Waals surface area contributed by atoms with E-state index in [9.17, 15) is 9.18 Å². The van der Waals surface area contributed by atoms with Gasteiger partial charge in [0.2, 0.25) is 11.2 Å². The van der Waals surface area contributed by atoms with Crippen LogP contribution in [0, 0.1) is 5.82 Å². The first-order valence-corrected chi connectivity index (χ1v) is 4.13. The molecule has 1 rings (SSSR count). The summed E-state index contributed by atoms with van der Waals surface area (Å²) in [5.74, 6) is -1.57. The van der Waals surface area contributed by atoms with Crippen molar-refractivity contribution in [2.24, 2.45) is 5.73 Å². The number of amides is 1. The van der Waals surface area contributed by atoms with E-state index in [0.717, 1.165) is 6.20 Å². The summed E-state index contributed by atoms with van der Waals surface area (Å²) in [6, 6.07) is -0.747. The molecule has 0 bridgehead atoms. The number of carbonyl (C=O) groups excluding carboxylic acids is 1. The molecule has 0 saturated carbocycles. The number of nitrogens with zero attached hydrogens (tertiary/aromatic N) is 2. The van der Waals surface area contributed by atoms with E-state index in [1.165, 1.54) is 6.92 Å². The van der Waals surface area contributed by atoms with Crippen LogP contribution in [0.15, 0.2) is 6.20 Å². The van der Waals surface area contributed by atoms with Gasteiger partial charge in [0.1, 0.15) is 0 Å². The number of halogens is 2. The predicted molar refractivity (Wildman–Crippen MR) is 49.3 cm³/mol. The van der Waals surface area contributed by atoms with Crippen molar-refractivity contribution in [3.63, 3.8) is 0 Å². The molecule has 5 nitrogen and oxygen atoms in total. The number of rotatable bonds is 2. The maximum atomic E-state index is 13.0. The number of nitrogens with one attached hydrogen (secondary N) is 1. The molecule has 1 amide bonds. The van der Waals surface area contributed by atoms with Gasteiger partial charge in [-0.05, 0) is 18.5 Å². The van der Waals surface area contributed by atoms with E-state index in [1.807, 2.05) is 0 Å². The summed E-state index contributed by atoms with van der Waals surface area (Å²) in [6.07, 6.45) is 0.867. The Hall–Kier alpha value is -1.27. The number of anilines is 1. The molecule has 0 aliphatic rings. The lowest BCUT2D eigenvalue weighted by atomic mass is 10.3. The van der Waals surface area contributed by atoms with Gasteiger partial charge < -0.3 is 11.1 Å². The third-order valence-corrected chi connectivity index (χ3v) is 1.55. The Morgan fingerprint density at radius 2 is 2.43 bits per heavy atom. The van der Waals surface area contributed by atoms with Crippen molar-refractivity contribution in [2.45, 2.75) is 13.0 Å².